The van der Waals surface area contributed by atoms with Crippen LogP contribution in [0.4, 0.5) is 0 Å². The third-order valence-corrected chi connectivity index (χ3v) is 2.56. The van der Waals surface area contributed by atoms with Crippen molar-refractivity contribution in [2.24, 2.45) is 7.05 Å². The van der Waals surface area contributed by atoms with Gasteiger partial charge in [-0.15, -0.1) is 0 Å². The average molecular weight is 223 g/mol. The summed E-state index contributed by atoms with van der Waals surface area (Å²) in [4.78, 5) is 0. The molecule has 0 saturated carbocycles. The van der Waals surface area contributed by atoms with Crippen LogP contribution in [-0.4, -0.2) is 24.5 Å². The highest BCUT2D eigenvalue weighted by Gasteiger charge is 2.11. The number of aromatic amines is 1. The molecule has 0 saturated heterocycles. The molecule has 1 N–H and O–H groups in total. The van der Waals surface area contributed by atoms with Crippen molar-refractivity contribution in [3.63, 3.8) is 0 Å². The van der Waals surface area contributed by atoms with E-state index in [1.54, 1.807) is 4.68 Å². The molecule has 0 aliphatic heterocycles. The molecule has 15 heavy (non-hydrogen) atoms. The quantitative estimate of drug-likeness (QED) is 0.786. The number of rotatable bonds is 2. The molecule has 0 aliphatic carbocycles. The number of nitrogens with zero attached hydrogens (tertiary/aromatic N) is 4. The van der Waals surface area contributed by atoms with E-state index in [-0.39, 0.29) is 0 Å². The average Bonchev–Trinajstić information content (AvgIpc) is 2.69. The van der Waals surface area contributed by atoms with Crippen molar-refractivity contribution in [1.82, 2.24) is 24.5 Å². The number of hydrogen-bond acceptors (Lipinski definition) is 3. The molecule has 2 aromatic heterocycles. The predicted octanol–water partition coefficient (Wildman–Crippen LogP) is 1.53. The van der Waals surface area contributed by atoms with Gasteiger partial charge in [-0.25, -0.2) is 0 Å². The van der Waals surface area contributed by atoms with E-state index in [0.29, 0.717) is 4.77 Å². The molecule has 0 amide bonds. The zero-order valence-electron chi connectivity index (χ0n) is 8.98. The molecule has 5 nitrogen and oxygen atoms in total. The third-order valence-electron chi connectivity index (χ3n) is 2.29. The highest BCUT2D eigenvalue weighted by molar-refractivity contribution is 7.71. The molecule has 0 aromatic carbocycles. The summed E-state index contributed by atoms with van der Waals surface area (Å²) in [5.74, 6) is 0.927. The molecule has 6 heteroatoms. The molecule has 2 rings (SSSR count). The van der Waals surface area contributed by atoms with Crippen LogP contribution >= 0.6 is 12.2 Å². The van der Waals surface area contributed by atoms with Crippen LogP contribution in [-0.2, 0) is 13.5 Å². The van der Waals surface area contributed by atoms with Gasteiger partial charge in [0, 0.05) is 19.7 Å². The Morgan fingerprint density at radius 2 is 2.27 bits per heavy atom. The van der Waals surface area contributed by atoms with Gasteiger partial charge in [-0.1, -0.05) is 6.92 Å². The molecule has 2 heterocycles. The Labute approximate surface area is 92.7 Å². The van der Waals surface area contributed by atoms with Gasteiger partial charge in [0.15, 0.2) is 4.77 Å². The normalized spacial score (nSPS) is 10.9. The molecular formula is C9H13N5S. The zero-order chi connectivity index (χ0) is 11.0. The van der Waals surface area contributed by atoms with E-state index in [9.17, 15) is 0 Å². The second-order valence-corrected chi connectivity index (χ2v) is 3.79. The van der Waals surface area contributed by atoms with Crippen molar-refractivity contribution in [3.05, 3.63) is 22.5 Å². The molecule has 0 unspecified atom stereocenters. The highest BCUT2D eigenvalue weighted by Crippen LogP contribution is 2.14. The van der Waals surface area contributed by atoms with E-state index < -0.39 is 0 Å². The minimum atomic E-state index is 0.614. The second kappa shape index (κ2) is 3.62. The van der Waals surface area contributed by atoms with Gasteiger partial charge in [0.25, 0.3) is 0 Å². The number of aryl methyl sites for hydroxylation is 3. The Balaban J connectivity index is 2.67. The summed E-state index contributed by atoms with van der Waals surface area (Å²) in [7, 11) is 1.89. The van der Waals surface area contributed by atoms with E-state index in [1.807, 2.05) is 31.7 Å². The minimum Gasteiger partial charge on any atom is -0.273 e. The highest BCUT2D eigenvalue weighted by atomic mass is 32.1. The van der Waals surface area contributed by atoms with Crippen molar-refractivity contribution in [1.29, 1.82) is 0 Å². The smallest absolute Gasteiger partial charge is 0.199 e. The van der Waals surface area contributed by atoms with Crippen LogP contribution in [0.5, 0.6) is 0 Å². The molecule has 2 aromatic rings. The van der Waals surface area contributed by atoms with Crippen LogP contribution in [0.15, 0.2) is 6.20 Å². The Morgan fingerprint density at radius 3 is 2.80 bits per heavy atom. The van der Waals surface area contributed by atoms with Gasteiger partial charge in [-0.3, -0.25) is 14.3 Å². The SMILES string of the molecule is CCc1n[nH]c(=S)n1-c1cn(C)nc1C. The molecule has 0 aliphatic rings. The summed E-state index contributed by atoms with van der Waals surface area (Å²) in [5.41, 5.74) is 1.94. The fourth-order valence-corrected chi connectivity index (χ4v) is 1.87. The van der Waals surface area contributed by atoms with Gasteiger partial charge in [-0.05, 0) is 19.1 Å². The predicted molar refractivity (Wildman–Crippen MR) is 59.6 cm³/mol. The Hall–Kier alpha value is -1.43. The lowest BCUT2D eigenvalue weighted by Gasteiger charge is -2.02. The van der Waals surface area contributed by atoms with Gasteiger partial charge in [0.1, 0.15) is 5.82 Å². The molecule has 0 fully saturated rings. The monoisotopic (exact) mass is 223 g/mol. The Kier molecular flexibility index (Phi) is 2.44. The first kappa shape index (κ1) is 10.1. The van der Waals surface area contributed by atoms with Gasteiger partial charge in [0.2, 0.25) is 0 Å². The summed E-state index contributed by atoms with van der Waals surface area (Å²) in [5, 5.41) is 11.3. The zero-order valence-corrected chi connectivity index (χ0v) is 9.80. The van der Waals surface area contributed by atoms with E-state index >= 15 is 0 Å². The molecule has 0 bridgehead atoms. The maximum atomic E-state index is 5.20. The van der Waals surface area contributed by atoms with E-state index in [4.69, 9.17) is 12.2 Å². The lowest BCUT2D eigenvalue weighted by atomic mass is 10.3. The summed E-state index contributed by atoms with van der Waals surface area (Å²) in [6.07, 6.45) is 2.78. The third kappa shape index (κ3) is 1.61. The summed E-state index contributed by atoms with van der Waals surface area (Å²) < 4.78 is 4.32. The number of H-pyrrole nitrogens is 1. The summed E-state index contributed by atoms with van der Waals surface area (Å²) in [6.45, 7) is 4.01. The summed E-state index contributed by atoms with van der Waals surface area (Å²) >= 11 is 5.20. The van der Waals surface area contributed by atoms with Crippen molar-refractivity contribution >= 4 is 12.2 Å². The van der Waals surface area contributed by atoms with E-state index in [1.165, 1.54) is 0 Å². The Bertz CT molecular complexity index is 533. The van der Waals surface area contributed by atoms with E-state index in [2.05, 4.69) is 15.3 Å². The van der Waals surface area contributed by atoms with Gasteiger partial charge in [-0.2, -0.15) is 10.2 Å². The number of hydrogen-bond donors (Lipinski definition) is 1. The van der Waals surface area contributed by atoms with E-state index in [0.717, 1.165) is 23.6 Å². The number of aromatic nitrogens is 5. The number of nitrogens with one attached hydrogen (secondary N) is 1. The van der Waals surface area contributed by atoms with Crippen LogP contribution in [0.2, 0.25) is 0 Å². The lowest BCUT2D eigenvalue weighted by Crippen LogP contribution is -2.00. The first-order valence-electron chi connectivity index (χ1n) is 4.80. The van der Waals surface area contributed by atoms with Crippen LogP contribution in [0.3, 0.4) is 0 Å². The van der Waals surface area contributed by atoms with Crippen molar-refractivity contribution in [3.8, 4) is 5.69 Å². The van der Waals surface area contributed by atoms with Crippen LogP contribution < -0.4 is 0 Å². The maximum Gasteiger partial charge on any atom is 0.199 e. The van der Waals surface area contributed by atoms with Gasteiger partial charge < -0.3 is 0 Å². The molecule has 0 radical (unpaired) electrons. The molecule has 80 valence electrons. The van der Waals surface area contributed by atoms with Crippen molar-refractivity contribution < 1.29 is 0 Å². The molecular weight excluding hydrogens is 210 g/mol. The van der Waals surface area contributed by atoms with Crippen molar-refractivity contribution in [2.75, 3.05) is 0 Å². The van der Waals surface area contributed by atoms with Crippen molar-refractivity contribution in [2.45, 2.75) is 20.3 Å². The second-order valence-electron chi connectivity index (χ2n) is 3.41. The van der Waals surface area contributed by atoms with Crippen LogP contribution in [0.25, 0.3) is 5.69 Å². The van der Waals surface area contributed by atoms with Gasteiger partial charge >= 0.3 is 0 Å². The fourth-order valence-electron chi connectivity index (χ4n) is 1.62. The maximum absolute atomic E-state index is 5.20. The van der Waals surface area contributed by atoms with Gasteiger partial charge in [0.05, 0.1) is 11.4 Å². The van der Waals surface area contributed by atoms with Crippen LogP contribution in [0.1, 0.15) is 18.4 Å². The standard InChI is InChI=1S/C9H13N5S/c1-4-8-10-11-9(15)14(8)7-5-13(3)12-6(7)2/h5H,4H2,1-3H3,(H,11,15). The summed E-state index contributed by atoms with van der Waals surface area (Å²) in [6, 6.07) is 0. The molecule has 0 atom stereocenters. The minimum absolute atomic E-state index is 0.614. The van der Waals surface area contributed by atoms with Crippen LogP contribution in [0, 0.1) is 11.7 Å². The molecule has 0 spiro atoms. The first-order valence-corrected chi connectivity index (χ1v) is 5.21. The Morgan fingerprint density at radius 1 is 1.53 bits per heavy atom. The lowest BCUT2D eigenvalue weighted by molar-refractivity contribution is 0.756. The fraction of sp³-hybridized carbons (Fsp3) is 0.444. The topological polar surface area (TPSA) is 51.4 Å². The largest absolute Gasteiger partial charge is 0.273 e. The first-order chi connectivity index (χ1) is 7.13.